The number of benzene rings is 2. The Kier molecular flexibility index (Phi) is 9.66. The highest BCUT2D eigenvalue weighted by Gasteiger charge is 2.19. The van der Waals surface area contributed by atoms with Crippen LogP contribution >= 0.6 is 12.4 Å². The second-order valence-electron chi connectivity index (χ2n) is 7.88. The van der Waals surface area contributed by atoms with Crippen molar-refractivity contribution in [2.75, 3.05) is 38.1 Å². The Labute approximate surface area is 176 Å². The van der Waals surface area contributed by atoms with Crippen molar-refractivity contribution in [3.8, 4) is 5.75 Å². The fourth-order valence-electron chi connectivity index (χ4n) is 4.11. The van der Waals surface area contributed by atoms with Crippen LogP contribution in [0.2, 0.25) is 0 Å². The van der Waals surface area contributed by atoms with E-state index >= 15 is 0 Å². The highest BCUT2D eigenvalue weighted by atomic mass is 35.5. The van der Waals surface area contributed by atoms with Crippen molar-refractivity contribution in [3.05, 3.63) is 60.2 Å². The number of halogens is 1. The van der Waals surface area contributed by atoms with Gasteiger partial charge in [-0.25, -0.2) is 0 Å². The zero-order chi connectivity index (χ0) is 18.9. The Balaban J connectivity index is 0.00000280. The third kappa shape index (κ3) is 7.03. The fraction of sp³-hybridized carbons (Fsp3) is 0.500. The molecule has 0 radical (unpaired) electrons. The van der Waals surface area contributed by atoms with Crippen LogP contribution in [0.15, 0.2) is 54.6 Å². The summed E-state index contributed by atoms with van der Waals surface area (Å²) >= 11 is 0. The van der Waals surface area contributed by atoms with Gasteiger partial charge in [0.25, 0.3) is 0 Å². The molecule has 1 aliphatic heterocycles. The van der Waals surface area contributed by atoms with Gasteiger partial charge in [0.05, 0.1) is 0 Å². The van der Waals surface area contributed by atoms with Crippen molar-refractivity contribution in [1.29, 1.82) is 0 Å². The van der Waals surface area contributed by atoms with E-state index in [1.165, 1.54) is 63.7 Å². The molecular formula is C24H35ClN2O. The van der Waals surface area contributed by atoms with Gasteiger partial charge in [0.1, 0.15) is 5.75 Å². The van der Waals surface area contributed by atoms with Crippen LogP contribution in [0.1, 0.15) is 50.0 Å². The molecule has 1 N–H and O–H groups in total. The zero-order valence-electron chi connectivity index (χ0n) is 17.1. The summed E-state index contributed by atoms with van der Waals surface area (Å²) in [5.41, 5.74) is 2.62. The quantitative estimate of drug-likeness (QED) is 0.545. The van der Waals surface area contributed by atoms with Crippen LogP contribution in [-0.2, 0) is 0 Å². The van der Waals surface area contributed by atoms with Gasteiger partial charge < -0.3 is 14.9 Å². The monoisotopic (exact) mass is 402 g/mol. The Morgan fingerprint density at radius 1 is 0.929 bits per heavy atom. The molecule has 0 bridgehead atoms. The van der Waals surface area contributed by atoms with Gasteiger partial charge in [-0.1, -0.05) is 49.2 Å². The van der Waals surface area contributed by atoms with E-state index in [1.807, 2.05) is 12.1 Å². The number of unbranched alkanes of at least 4 members (excludes halogenated alkanes) is 3. The molecule has 0 saturated carbocycles. The van der Waals surface area contributed by atoms with Crippen LogP contribution in [0, 0.1) is 0 Å². The van der Waals surface area contributed by atoms with Crippen LogP contribution < -0.4 is 4.90 Å². The van der Waals surface area contributed by atoms with Gasteiger partial charge in [-0.15, -0.1) is 12.4 Å². The van der Waals surface area contributed by atoms with Gasteiger partial charge in [-0.3, -0.25) is 0 Å². The molecule has 0 spiro atoms. The lowest BCUT2D eigenvalue weighted by Crippen LogP contribution is -2.33. The number of piperidine rings is 1. The standard InChI is InChI=1S/C24H34N2O.ClH/c1-25(23-12-9-13-24(27)20-23)16-7-2-3-8-17-26-18-14-22(15-19-26)21-10-5-4-6-11-21;/h4-6,9-13,20,22,27H,2-3,7-8,14-19H2,1H3;1H. The first-order valence-corrected chi connectivity index (χ1v) is 10.5. The molecular weight excluding hydrogens is 368 g/mol. The molecule has 0 atom stereocenters. The van der Waals surface area contributed by atoms with Crippen LogP contribution in [0.5, 0.6) is 5.75 Å². The molecule has 3 nitrogen and oxygen atoms in total. The normalized spacial score (nSPS) is 15.2. The van der Waals surface area contributed by atoms with Crippen LogP contribution in [0.3, 0.4) is 0 Å². The average molecular weight is 403 g/mol. The van der Waals surface area contributed by atoms with Crippen molar-refractivity contribution in [1.82, 2.24) is 4.90 Å². The van der Waals surface area contributed by atoms with Gasteiger partial charge in [0.2, 0.25) is 0 Å². The smallest absolute Gasteiger partial charge is 0.117 e. The van der Waals surface area contributed by atoms with Crippen LogP contribution in [-0.4, -0.2) is 43.2 Å². The Morgan fingerprint density at radius 3 is 2.36 bits per heavy atom. The van der Waals surface area contributed by atoms with Crippen molar-refractivity contribution < 1.29 is 5.11 Å². The third-order valence-corrected chi connectivity index (χ3v) is 5.85. The Bertz CT molecular complexity index is 671. The number of anilines is 1. The van der Waals surface area contributed by atoms with Gasteiger partial charge >= 0.3 is 0 Å². The van der Waals surface area contributed by atoms with Gasteiger partial charge in [0.15, 0.2) is 0 Å². The number of phenols is 1. The van der Waals surface area contributed by atoms with Crippen molar-refractivity contribution in [2.45, 2.75) is 44.4 Å². The van der Waals surface area contributed by atoms with E-state index in [4.69, 9.17) is 0 Å². The first-order valence-electron chi connectivity index (χ1n) is 10.5. The molecule has 4 heteroatoms. The molecule has 2 aromatic carbocycles. The number of aromatic hydroxyl groups is 1. The van der Waals surface area contributed by atoms with E-state index in [1.54, 1.807) is 6.07 Å². The molecule has 154 valence electrons. The van der Waals surface area contributed by atoms with Crippen molar-refractivity contribution >= 4 is 18.1 Å². The summed E-state index contributed by atoms with van der Waals surface area (Å²) in [6.07, 6.45) is 7.72. The molecule has 1 heterocycles. The summed E-state index contributed by atoms with van der Waals surface area (Å²) in [6, 6.07) is 18.5. The van der Waals surface area contributed by atoms with E-state index in [-0.39, 0.29) is 12.4 Å². The zero-order valence-corrected chi connectivity index (χ0v) is 17.9. The number of rotatable bonds is 9. The highest BCUT2D eigenvalue weighted by Crippen LogP contribution is 2.27. The summed E-state index contributed by atoms with van der Waals surface area (Å²) in [7, 11) is 2.10. The maximum Gasteiger partial charge on any atom is 0.117 e. The molecule has 28 heavy (non-hydrogen) atoms. The largest absolute Gasteiger partial charge is 0.508 e. The second kappa shape index (κ2) is 12.0. The average Bonchev–Trinajstić information content (AvgIpc) is 2.71. The van der Waals surface area contributed by atoms with Crippen LogP contribution in [0.25, 0.3) is 0 Å². The molecule has 1 aliphatic rings. The molecule has 1 fully saturated rings. The minimum Gasteiger partial charge on any atom is -0.508 e. The molecule has 0 unspecified atom stereocenters. The first kappa shape index (κ1) is 22.6. The molecule has 0 aromatic heterocycles. The lowest BCUT2D eigenvalue weighted by Gasteiger charge is -2.32. The number of hydrogen-bond acceptors (Lipinski definition) is 3. The van der Waals surface area contributed by atoms with E-state index in [2.05, 4.69) is 53.2 Å². The van der Waals surface area contributed by atoms with Crippen molar-refractivity contribution in [3.63, 3.8) is 0 Å². The number of nitrogens with zero attached hydrogens (tertiary/aromatic N) is 2. The van der Waals surface area contributed by atoms with Gasteiger partial charge in [-0.05, 0) is 68.9 Å². The molecule has 0 aliphatic carbocycles. The summed E-state index contributed by atoms with van der Waals surface area (Å²) in [5.74, 6) is 1.10. The number of phenolic OH excluding ortho intramolecular Hbond substituents is 1. The number of hydrogen-bond donors (Lipinski definition) is 1. The minimum atomic E-state index is 0. The Morgan fingerprint density at radius 2 is 1.64 bits per heavy atom. The van der Waals surface area contributed by atoms with E-state index in [0.29, 0.717) is 5.75 Å². The van der Waals surface area contributed by atoms with E-state index < -0.39 is 0 Å². The van der Waals surface area contributed by atoms with Gasteiger partial charge in [0, 0.05) is 25.3 Å². The third-order valence-electron chi connectivity index (χ3n) is 5.85. The lowest BCUT2D eigenvalue weighted by atomic mass is 9.89. The molecule has 0 amide bonds. The highest BCUT2D eigenvalue weighted by molar-refractivity contribution is 5.85. The summed E-state index contributed by atoms with van der Waals surface area (Å²) in [5, 5.41) is 9.58. The molecule has 3 rings (SSSR count). The maximum atomic E-state index is 9.58. The van der Waals surface area contributed by atoms with Crippen LogP contribution in [0.4, 0.5) is 5.69 Å². The predicted molar refractivity (Wildman–Crippen MR) is 122 cm³/mol. The summed E-state index contributed by atoms with van der Waals surface area (Å²) in [4.78, 5) is 4.88. The summed E-state index contributed by atoms with van der Waals surface area (Å²) in [6.45, 7) is 4.80. The number of likely N-dealkylation sites (tertiary alicyclic amines) is 1. The molecule has 1 saturated heterocycles. The topological polar surface area (TPSA) is 26.7 Å². The first-order chi connectivity index (χ1) is 13.2. The van der Waals surface area contributed by atoms with Crippen molar-refractivity contribution in [2.24, 2.45) is 0 Å². The molecule has 2 aromatic rings. The lowest BCUT2D eigenvalue weighted by molar-refractivity contribution is 0.208. The second-order valence-corrected chi connectivity index (χ2v) is 7.88. The minimum absolute atomic E-state index is 0. The maximum absolute atomic E-state index is 9.58. The van der Waals surface area contributed by atoms with E-state index in [9.17, 15) is 5.11 Å². The SMILES string of the molecule is CN(CCCCCCN1CCC(c2ccccc2)CC1)c1cccc(O)c1.Cl. The predicted octanol–water partition coefficient (Wildman–Crippen LogP) is 5.69. The Hall–Kier alpha value is -1.71. The fourth-order valence-corrected chi connectivity index (χ4v) is 4.11. The van der Waals surface area contributed by atoms with E-state index in [0.717, 1.165) is 18.2 Å². The van der Waals surface area contributed by atoms with Gasteiger partial charge in [-0.2, -0.15) is 0 Å². The summed E-state index contributed by atoms with van der Waals surface area (Å²) < 4.78 is 0.